The van der Waals surface area contributed by atoms with Crippen LogP contribution in [0.15, 0.2) is 24.3 Å². The molecule has 0 atom stereocenters. The van der Waals surface area contributed by atoms with Crippen LogP contribution >= 0.6 is 0 Å². The van der Waals surface area contributed by atoms with Gasteiger partial charge in [-0.3, -0.25) is 9.59 Å². The number of Topliss-reactive ketones (excluding diaryl/α,β-unsaturated/α-hetero) is 1. The van der Waals surface area contributed by atoms with Crippen LogP contribution in [0.3, 0.4) is 0 Å². The first-order valence-corrected chi connectivity index (χ1v) is 10.6. The lowest BCUT2D eigenvalue weighted by molar-refractivity contribution is -0.126. The summed E-state index contributed by atoms with van der Waals surface area (Å²) in [6.45, 7) is 8.89. The first-order chi connectivity index (χ1) is 13.6. The predicted octanol–water partition coefficient (Wildman–Crippen LogP) is 5.43. The molecule has 0 unspecified atom stereocenters. The molecule has 1 fully saturated rings. The molecular weight excluding hydrogens is 372 g/mol. The average Bonchev–Trinajstić information content (AvgIpc) is 2.64. The molecule has 1 heterocycles. The zero-order chi connectivity index (χ0) is 21.4. The second kappa shape index (κ2) is 10.8. The minimum atomic E-state index is -0.647. The van der Waals surface area contributed by atoms with Gasteiger partial charge in [-0.15, -0.1) is 0 Å². The highest BCUT2D eigenvalue weighted by Crippen LogP contribution is 2.23. The maximum absolute atomic E-state index is 13.2. The predicted molar refractivity (Wildman–Crippen MR) is 112 cm³/mol. The molecule has 0 aromatic heterocycles. The molecule has 160 valence electrons. The van der Waals surface area contributed by atoms with Crippen LogP contribution in [0.25, 0.3) is 6.08 Å². The minimum absolute atomic E-state index is 0.0159. The molecule has 0 radical (unpaired) electrons. The molecule has 0 bridgehead atoms. The quantitative estimate of drug-likeness (QED) is 0.514. The maximum atomic E-state index is 13.2. The molecule has 5 heteroatoms. The summed E-state index contributed by atoms with van der Waals surface area (Å²) in [7, 11) is 0. The molecule has 1 aliphatic heterocycles. The minimum Gasteiger partial charge on any atom is -0.303 e. The Hall–Kier alpha value is -1.88. The Labute approximate surface area is 173 Å². The lowest BCUT2D eigenvalue weighted by Gasteiger charge is -2.32. The van der Waals surface area contributed by atoms with Crippen molar-refractivity contribution in [3.05, 3.63) is 41.5 Å². The van der Waals surface area contributed by atoms with Gasteiger partial charge in [-0.2, -0.15) is 0 Å². The van der Waals surface area contributed by atoms with Crippen LogP contribution in [0.1, 0.15) is 64.9 Å². The molecule has 1 aromatic carbocycles. The molecule has 0 saturated carbocycles. The molecule has 1 aromatic rings. The maximum Gasteiger partial charge on any atom is 0.155 e. The molecule has 0 spiro atoms. The Bertz CT molecular complexity index is 709. The van der Waals surface area contributed by atoms with E-state index in [0.29, 0.717) is 30.1 Å². The van der Waals surface area contributed by atoms with Crippen molar-refractivity contribution in [2.24, 2.45) is 11.3 Å². The zero-order valence-corrected chi connectivity index (χ0v) is 17.8. The number of allylic oxidation sites excluding steroid dienone is 1. The van der Waals surface area contributed by atoms with E-state index in [0.717, 1.165) is 51.4 Å². The zero-order valence-electron chi connectivity index (χ0n) is 17.8. The summed E-state index contributed by atoms with van der Waals surface area (Å²) in [5.74, 6) is -0.456. The van der Waals surface area contributed by atoms with E-state index in [9.17, 15) is 18.4 Å². The fraction of sp³-hybridized carbons (Fsp3) is 0.583. The standard InChI is InChI=1S/C24H33F2NO2/c1-24(2,3)23(29)5-4-12-27-13-10-18(11-14-27)6-8-22(28)9-7-19-15-20(25)17-21(26)16-19/h7,9,15-18H,4-6,8,10-14H2,1-3H3/b9-7+. The van der Waals surface area contributed by atoms with Gasteiger partial charge in [0.1, 0.15) is 17.4 Å². The van der Waals surface area contributed by atoms with Crippen molar-refractivity contribution in [1.29, 1.82) is 0 Å². The Morgan fingerprint density at radius 3 is 2.28 bits per heavy atom. The lowest BCUT2D eigenvalue weighted by atomic mass is 9.88. The van der Waals surface area contributed by atoms with Gasteiger partial charge >= 0.3 is 0 Å². The molecule has 2 rings (SSSR count). The smallest absolute Gasteiger partial charge is 0.155 e. The molecule has 0 aliphatic carbocycles. The number of hydrogen-bond donors (Lipinski definition) is 0. The summed E-state index contributed by atoms with van der Waals surface area (Å²) < 4.78 is 26.3. The van der Waals surface area contributed by atoms with Crippen LogP contribution in [0, 0.1) is 23.0 Å². The van der Waals surface area contributed by atoms with Crippen LogP contribution in [0.5, 0.6) is 0 Å². The number of ketones is 2. The van der Waals surface area contributed by atoms with Gasteiger partial charge in [-0.25, -0.2) is 8.78 Å². The first-order valence-electron chi connectivity index (χ1n) is 10.6. The number of carbonyl (C=O) groups excluding carboxylic acids is 2. The highest BCUT2D eigenvalue weighted by molar-refractivity contribution is 5.93. The van der Waals surface area contributed by atoms with Crippen molar-refractivity contribution in [3.8, 4) is 0 Å². The van der Waals surface area contributed by atoms with Crippen molar-refractivity contribution in [2.45, 2.75) is 59.3 Å². The Balaban J connectivity index is 1.64. The summed E-state index contributed by atoms with van der Waals surface area (Å²) in [6.07, 6.45) is 7.87. The summed E-state index contributed by atoms with van der Waals surface area (Å²) in [6, 6.07) is 3.23. The third kappa shape index (κ3) is 8.57. The van der Waals surface area contributed by atoms with E-state index in [1.165, 1.54) is 24.3 Å². The first kappa shape index (κ1) is 23.4. The number of hydrogen-bond acceptors (Lipinski definition) is 3. The van der Waals surface area contributed by atoms with E-state index in [1.54, 1.807) is 0 Å². The van der Waals surface area contributed by atoms with E-state index in [2.05, 4.69) is 4.90 Å². The second-order valence-electron chi connectivity index (χ2n) is 9.10. The summed E-state index contributed by atoms with van der Waals surface area (Å²) in [4.78, 5) is 26.5. The third-order valence-electron chi connectivity index (χ3n) is 5.57. The number of halogens is 2. The summed E-state index contributed by atoms with van der Waals surface area (Å²) >= 11 is 0. The molecule has 1 saturated heterocycles. The van der Waals surface area contributed by atoms with Crippen LogP contribution in [-0.4, -0.2) is 36.1 Å². The van der Waals surface area contributed by atoms with Gasteiger partial charge in [0.25, 0.3) is 0 Å². The van der Waals surface area contributed by atoms with Gasteiger partial charge in [-0.1, -0.05) is 26.8 Å². The summed E-state index contributed by atoms with van der Waals surface area (Å²) in [5.41, 5.74) is 0.102. The molecule has 1 aliphatic rings. The van der Waals surface area contributed by atoms with Gasteiger partial charge < -0.3 is 4.90 Å². The third-order valence-corrected chi connectivity index (χ3v) is 5.57. The van der Waals surface area contributed by atoms with Crippen LogP contribution in [-0.2, 0) is 9.59 Å². The number of nitrogens with zero attached hydrogens (tertiary/aromatic N) is 1. The van der Waals surface area contributed by atoms with E-state index >= 15 is 0 Å². The Morgan fingerprint density at radius 1 is 1.07 bits per heavy atom. The fourth-order valence-corrected chi connectivity index (χ4v) is 3.63. The Kier molecular flexibility index (Phi) is 8.69. The Morgan fingerprint density at radius 2 is 1.69 bits per heavy atom. The number of carbonyl (C=O) groups is 2. The van der Waals surface area contributed by atoms with E-state index in [4.69, 9.17) is 0 Å². The van der Waals surface area contributed by atoms with Gasteiger partial charge in [0, 0.05) is 24.3 Å². The monoisotopic (exact) mass is 405 g/mol. The topological polar surface area (TPSA) is 37.4 Å². The lowest BCUT2D eigenvalue weighted by Crippen LogP contribution is -2.35. The van der Waals surface area contributed by atoms with Crippen molar-refractivity contribution in [1.82, 2.24) is 4.90 Å². The van der Waals surface area contributed by atoms with Crippen LogP contribution < -0.4 is 0 Å². The second-order valence-corrected chi connectivity index (χ2v) is 9.10. The molecule has 0 amide bonds. The highest BCUT2D eigenvalue weighted by Gasteiger charge is 2.22. The SMILES string of the molecule is CC(C)(C)C(=O)CCCN1CCC(CCC(=O)/C=C/c2cc(F)cc(F)c2)CC1. The normalized spacial score (nSPS) is 16.4. The average molecular weight is 406 g/mol. The van der Waals surface area contributed by atoms with Crippen molar-refractivity contribution in [3.63, 3.8) is 0 Å². The van der Waals surface area contributed by atoms with Crippen LogP contribution in [0.2, 0.25) is 0 Å². The summed E-state index contributed by atoms with van der Waals surface area (Å²) in [5, 5.41) is 0. The van der Waals surface area contributed by atoms with E-state index in [-0.39, 0.29) is 11.2 Å². The van der Waals surface area contributed by atoms with Crippen molar-refractivity contribution in [2.75, 3.05) is 19.6 Å². The van der Waals surface area contributed by atoms with Crippen molar-refractivity contribution < 1.29 is 18.4 Å². The largest absolute Gasteiger partial charge is 0.303 e. The molecule has 3 nitrogen and oxygen atoms in total. The van der Waals surface area contributed by atoms with Gasteiger partial charge in [-0.05, 0) is 75.0 Å². The fourth-order valence-electron chi connectivity index (χ4n) is 3.63. The number of likely N-dealkylation sites (tertiary alicyclic amines) is 1. The van der Waals surface area contributed by atoms with Crippen molar-refractivity contribution >= 4 is 17.6 Å². The molecule has 29 heavy (non-hydrogen) atoms. The molecule has 0 N–H and O–H groups in total. The van der Waals surface area contributed by atoms with E-state index < -0.39 is 11.6 Å². The number of benzene rings is 1. The van der Waals surface area contributed by atoms with Gasteiger partial charge in [0.15, 0.2) is 5.78 Å². The highest BCUT2D eigenvalue weighted by atomic mass is 19.1. The van der Waals surface area contributed by atoms with Gasteiger partial charge in [0.2, 0.25) is 0 Å². The number of rotatable bonds is 9. The molecular formula is C24H33F2NO2. The van der Waals surface area contributed by atoms with Gasteiger partial charge in [0.05, 0.1) is 0 Å². The van der Waals surface area contributed by atoms with E-state index in [1.807, 2.05) is 20.8 Å². The van der Waals surface area contributed by atoms with Crippen LogP contribution in [0.4, 0.5) is 8.78 Å². The number of piperidine rings is 1.